The van der Waals surface area contributed by atoms with Gasteiger partial charge in [-0.15, -0.1) is 11.8 Å². The molecule has 0 bridgehead atoms. The molecule has 28 heavy (non-hydrogen) atoms. The SMILES string of the molecule is CC12CCC(=O)N1C(C(=O)N(Cc1ccc3c(c1)OCO3)C1CCCC1)CS2. The molecular formula is C21H26N2O4S. The first-order valence-electron chi connectivity index (χ1n) is 10.2. The standard InChI is InChI=1S/C21H26N2O4S/c1-21-9-8-19(24)23(21)16(12-28-21)20(25)22(15-4-2-3-5-15)11-14-6-7-17-18(10-14)27-13-26-17/h6-7,10,15-16H,2-5,8-9,11-13H2,1H3. The van der Waals surface area contributed by atoms with Gasteiger partial charge in [0.15, 0.2) is 11.5 Å². The summed E-state index contributed by atoms with van der Waals surface area (Å²) in [5.74, 6) is 2.44. The summed E-state index contributed by atoms with van der Waals surface area (Å²) in [4.78, 5) is 29.9. The summed E-state index contributed by atoms with van der Waals surface area (Å²) >= 11 is 1.76. The zero-order valence-corrected chi connectivity index (χ0v) is 17.0. The third-order valence-electron chi connectivity index (χ3n) is 6.57. The number of thioether (sulfide) groups is 1. The highest BCUT2D eigenvalue weighted by Gasteiger charge is 2.54. The summed E-state index contributed by atoms with van der Waals surface area (Å²) in [7, 11) is 0. The Morgan fingerprint density at radius 2 is 2.07 bits per heavy atom. The molecule has 0 aromatic heterocycles. The average Bonchev–Trinajstić information content (AvgIpc) is 3.45. The van der Waals surface area contributed by atoms with Crippen LogP contribution in [0.4, 0.5) is 0 Å². The molecule has 2 atom stereocenters. The van der Waals surface area contributed by atoms with Crippen molar-refractivity contribution in [3.05, 3.63) is 23.8 Å². The van der Waals surface area contributed by atoms with Crippen molar-refractivity contribution in [2.45, 2.75) is 68.9 Å². The molecule has 3 fully saturated rings. The van der Waals surface area contributed by atoms with Gasteiger partial charge in [0.05, 0.1) is 4.87 Å². The van der Waals surface area contributed by atoms with E-state index in [9.17, 15) is 9.59 Å². The Morgan fingerprint density at radius 1 is 1.29 bits per heavy atom. The number of carbonyl (C=O) groups excluding carboxylic acids is 2. The number of fused-ring (bicyclic) bond motifs is 2. The highest BCUT2D eigenvalue weighted by molar-refractivity contribution is 8.01. The molecule has 3 heterocycles. The van der Waals surface area contributed by atoms with Crippen LogP contribution in [0.1, 0.15) is 51.0 Å². The monoisotopic (exact) mass is 402 g/mol. The van der Waals surface area contributed by atoms with Crippen molar-refractivity contribution in [1.82, 2.24) is 9.80 Å². The van der Waals surface area contributed by atoms with E-state index in [0.29, 0.717) is 18.7 Å². The second-order valence-corrected chi connectivity index (χ2v) is 9.86. The average molecular weight is 403 g/mol. The summed E-state index contributed by atoms with van der Waals surface area (Å²) in [6, 6.07) is 5.83. The molecule has 2 unspecified atom stereocenters. The largest absolute Gasteiger partial charge is 0.454 e. The second-order valence-electron chi connectivity index (χ2n) is 8.36. The van der Waals surface area contributed by atoms with Crippen LogP contribution in [0.2, 0.25) is 0 Å². The van der Waals surface area contributed by atoms with Crippen molar-refractivity contribution >= 4 is 23.6 Å². The minimum absolute atomic E-state index is 0.107. The van der Waals surface area contributed by atoms with Crippen LogP contribution in [0.3, 0.4) is 0 Å². The molecule has 1 saturated carbocycles. The molecular weight excluding hydrogens is 376 g/mol. The summed E-state index contributed by atoms with van der Waals surface area (Å²) in [6.45, 7) is 2.91. The van der Waals surface area contributed by atoms with E-state index in [2.05, 4.69) is 6.92 Å². The van der Waals surface area contributed by atoms with Gasteiger partial charge in [-0.1, -0.05) is 18.9 Å². The zero-order chi connectivity index (χ0) is 19.3. The highest BCUT2D eigenvalue weighted by Crippen LogP contribution is 2.48. The van der Waals surface area contributed by atoms with E-state index in [1.54, 1.807) is 11.8 Å². The van der Waals surface area contributed by atoms with E-state index in [1.165, 1.54) is 0 Å². The third kappa shape index (κ3) is 2.95. The molecule has 1 aromatic carbocycles. The van der Waals surface area contributed by atoms with Crippen LogP contribution in [0, 0.1) is 0 Å². The lowest BCUT2D eigenvalue weighted by Crippen LogP contribution is -2.53. The zero-order valence-electron chi connectivity index (χ0n) is 16.2. The van der Waals surface area contributed by atoms with Gasteiger partial charge < -0.3 is 19.3 Å². The molecule has 3 aliphatic heterocycles. The molecule has 0 spiro atoms. The fraction of sp³-hybridized carbons (Fsp3) is 0.619. The number of rotatable bonds is 4. The Kier molecular flexibility index (Phi) is 4.45. The first-order valence-corrected chi connectivity index (χ1v) is 11.2. The summed E-state index contributed by atoms with van der Waals surface area (Å²) in [5.41, 5.74) is 1.05. The maximum absolute atomic E-state index is 13.7. The van der Waals surface area contributed by atoms with Crippen LogP contribution in [-0.2, 0) is 16.1 Å². The number of hydrogen-bond acceptors (Lipinski definition) is 5. The number of nitrogens with zero attached hydrogens (tertiary/aromatic N) is 2. The first-order chi connectivity index (χ1) is 13.5. The van der Waals surface area contributed by atoms with Crippen LogP contribution in [0.5, 0.6) is 11.5 Å². The van der Waals surface area contributed by atoms with Crippen molar-refractivity contribution in [3.63, 3.8) is 0 Å². The van der Waals surface area contributed by atoms with Crippen LogP contribution < -0.4 is 9.47 Å². The van der Waals surface area contributed by atoms with Crippen molar-refractivity contribution < 1.29 is 19.1 Å². The van der Waals surface area contributed by atoms with Gasteiger partial charge in [-0.25, -0.2) is 0 Å². The molecule has 6 nitrogen and oxygen atoms in total. The van der Waals surface area contributed by atoms with E-state index >= 15 is 0 Å². The smallest absolute Gasteiger partial charge is 0.246 e. The highest BCUT2D eigenvalue weighted by atomic mass is 32.2. The fourth-order valence-electron chi connectivity index (χ4n) is 5.03. The number of benzene rings is 1. The lowest BCUT2D eigenvalue weighted by molar-refractivity contribution is -0.145. The van der Waals surface area contributed by atoms with Gasteiger partial charge in [0, 0.05) is 24.8 Å². The fourth-order valence-corrected chi connectivity index (χ4v) is 6.46. The van der Waals surface area contributed by atoms with Gasteiger partial charge in [-0.05, 0) is 43.9 Å². The number of amides is 2. The maximum Gasteiger partial charge on any atom is 0.246 e. The normalized spacial score (nSPS) is 28.8. The molecule has 2 saturated heterocycles. The lowest BCUT2D eigenvalue weighted by Gasteiger charge is -2.36. The van der Waals surface area contributed by atoms with E-state index in [1.807, 2.05) is 28.0 Å². The van der Waals surface area contributed by atoms with Crippen molar-refractivity contribution in [3.8, 4) is 11.5 Å². The minimum atomic E-state index is -0.334. The van der Waals surface area contributed by atoms with E-state index in [-0.39, 0.29) is 35.6 Å². The van der Waals surface area contributed by atoms with Gasteiger partial charge in [0.1, 0.15) is 6.04 Å². The lowest BCUT2D eigenvalue weighted by atomic mass is 10.1. The quantitative estimate of drug-likeness (QED) is 0.774. The Morgan fingerprint density at radius 3 is 2.89 bits per heavy atom. The van der Waals surface area contributed by atoms with Gasteiger partial charge in [-0.2, -0.15) is 0 Å². The molecule has 0 radical (unpaired) electrons. The van der Waals surface area contributed by atoms with Gasteiger partial charge >= 0.3 is 0 Å². The Balaban J connectivity index is 1.41. The van der Waals surface area contributed by atoms with Crippen LogP contribution in [0.15, 0.2) is 18.2 Å². The van der Waals surface area contributed by atoms with Crippen molar-refractivity contribution in [1.29, 1.82) is 0 Å². The van der Waals surface area contributed by atoms with Crippen LogP contribution in [-0.4, -0.2) is 51.1 Å². The summed E-state index contributed by atoms with van der Waals surface area (Å²) in [5, 5.41) is 0. The van der Waals surface area contributed by atoms with Gasteiger partial charge in [-0.3, -0.25) is 9.59 Å². The van der Waals surface area contributed by atoms with Gasteiger partial charge in [0.2, 0.25) is 18.6 Å². The number of hydrogen-bond donors (Lipinski definition) is 0. The molecule has 1 aliphatic carbocycles. The first kappa shape index (κ1) is 18.2. The van der Waals surface area contributed by atoms with E-state index in [0.717, 1.165) is 49.2 Å². The predicted octanol–water partition coefficient (Wildman–Crippen LogP) is 3.14. The Bertz CT molecular complexity index is 810. The Labute approximate surface area is 169 Å². The molecule has 1 aromatic rings. The van der Waals surface area contributed by atoms with Crippen LogP contribution >= 0.6 is 11.8 Å². The maximum atomic E-state index is 13.7. The van der Waals surface area contributed by atoms with Crippen molar-refractivity contribution in [2.75, 3.05) is 12.5 Å². The van der Waals surface area contributed by atoms with Crippen molar-refractivity contribution in [2.24, 2.45) is 0 Å². The number of carbonyl (C=O) groups is 2. The molecule has 0 N–H and O–H groups in total. The molecule has 5 rings (SSSR count). The van der Waals surface area contributed by atoms with Crippen LogP contribution in [0.25, 0.3) is 0 Å². The number of ether oxygens (including phenoxy) is 2. The predicted molar refractivity (Wildman–Crippen MR) is 106 cm³/mol. The Hall–Kier alpha value is -1.89. The van der Waals surface area contributed by atoms with Gasteiger partial charge in [0.25, 0.3) is 0 Å². The summed E-state index contributed by atoms with van der Waals surface area (Å²) < 4.78 is 10.9. The minimum Gasteiger partial charge on any atom is -0.454 e. The molecule has 7 heteroatoms. The molecule has 150 valence electrons. The van der Waals surface area contributed by atoms with E-state index < -0.39 is 0 Å². The molecule has 2 amide bonds. The van der Waals surface area contributed by atoms with E-state index in [4.69, 9.17) is 9.47 Å². The molecule has 4 aliphatic rings. The topological polar surface area (TPSA) is 59.1 Å². The third-order valence-corrected chi connectivity index (χ3v) is 8.07. The second kappa shape index (κ2) is 6.87. The summed E-state index contributed by atoms with van der Waals surface area (Å²) in [6.07, 6.45) is 5.80.